The molecule has 0 spiro atoms. The smallest absolute Gasteiger partial charge is 0.242 e. The van der Waals surface area contributed by atoms with Crippen molar-refractivity contribution in [1.82, 2.24) is 4.90 Å². The summed E-state index contributed by atoms with van der Waals surface area (Å²) in [5.41, 5.74) is 1.61. The van der Waals surface area contributed by atoms with E-state index in [9.17, 15) is 9.18 Å². The van der Waals surface area contributed by atoms with Crippen LogP contribution in [-0.2, 0) is 11.3 Å². The van der Waals surface area contributed by atoms with E-state index in [-0.39, 0.29) is 17.0 Å². The van der Waals surface area contributed by atoms with E-state index in [1.807, 2.05) is 13.0 Å². The lowest BCUT2D eigenvalue weighted by atomic mass is 10.2. The second kappa shape index (κ2) is 8.88. The van der Waals surface area contributed by atoms with Crippen LogP contribution in [0.25, 0.3) is 0 Å². The predicted octanol–water partition coefficient (Wildman–Crippen LogP) is 3.70. The molecule has 0 aliphatic carbocycles. The van der Waals surface area contributed by atoms with Crippen LogP contribution in [0.3, 0.4) is 0 Å². The zero-order chi connectivity index (χ0) is 20.1. The van der Waals surface area contributed by atoms with Crippen LogP contribution in [-0.4, -0.2) is 41.7 Å². The molecule has 28 heavy (non-hydrogen) atoms. The maximum absolute atomic E-state index is 13.1. The minimum atomic E-state index is -0.312. The van der Waals surface area contributed by atoms with Crippen LogP contribution in [0.15, 0.2) is 52.7 Å². The van der Waals surface area contributed by atoms with E-state index in [0.717, 1.165) is 11.1 Å². The van der Waals surface area contributed by atoms with Gasteiger partial charge in [0.25, 0.3) is 0 Å². The average Bonchev–Trinajstić information content (AvgIpc) is 2.97. The molecule has 1 aliphatic rings. The summed E-state index contributed by atoms with van der Waals surface area (Å²) in [6.07, 6.45) is 1.58. The number of methoxy groups -OCH3 is 2. The number of amides is 1. The first-order valence-electron chi connectivity index (χ1n) is 8.57. The molecule has 0 bridgehead atoms. The van der Waals surface area contributed by atoms with E-state index in [4.69, 9.17) is 9.47 Å². The fourth-order valence-electron chi connectivity index (χ4n) is 2.66. The van der Waals surface area contributed by atoms with Gasteiger partial charge in [-0.2, -0.15) is 5.10 Å². The van der Waals surface area contributed by atoms with E-state index in [1.54, 1.807) is 49.6 Å². The number of thioether (sulfide) groups is 1. The molecular weight excluding hydrogens is 381 g/mol. The van der Waals surface area contributed by atoms with Crippen molar-refractivity contribution in [2.24, 2.45) is 10.2 Å². The molecule has 1 unspecified atom stereocenters. The van der Waals surface area contributed by atoms with Gasteiger partial charge in [0.2, 0.25) is 5.91 Å². The zero-order valence-corrected chi connectivity index (χ0v) is 16.6. The molecule has 1 fully saturated rings. The molecule has 0 radical (unpaired) electrons. The SMILES string of the molecule is COc1ccc(C=NN=C2SC(C)C(=O)N2Cc2ccc(F)cc2)cc1OC. The highest BCUT2D eigenvalue weighted by Gasteiger charge is 2.35. The fourth-order valence-corrected chi connectivity index (χ4v) is 3.58. The molecule has 2 aromatic rings. The van der Waals surface area contributed by atoms with Crippen molar-refractivity contribution in [3.8, 4) is 11.5 Å². The van der Waals surface area contributed by atoms with Gasteiger partial charge >= 0.3 is 0 Å². The lowest BCUT2D eigenvalue weighted by Crippen LogP contribution is -2.30. The second-order valence-corrected chi connectivity index (χ2v) is 7.36. The topological polar surface area (TPSA) is 63.5 Å². The largest absolute Gasteiger partial charge is 0.493 e. The van der Waals surface area contributed by atoms with Crippen LogP contribution < -0.4 is 9.47 Å². The van der Waals surface area contributed by atoms with Crippen LogP contribution in [0, 0.1) is 5.82 Å². The molecule has 1 atom stereocenters. The zero-order valence-electron chi connectivity index (χ0n) is 15.8. The third kappa shape index (κ3) is 4.51. The number of carbonyl (C=O) groups is 1. The first-order valence-corrected chi connectivity index (χ1v) is 9.45. The van der Waals surface area contributed by atoms with Gasteiger partial charge in [-0.3, -0.25) is 9.69 Å². The molecule has 2 aromatic carbocycles. The van der Waals surface area contributed by atoms with Crippen molar-refractivity contribution < 1.29 is 18.7 Å². The van der Waals surface area contributed by atoms with Crippen LogP contribution in [0.2, 0.25) is 0 Å². The summed E-state index contributed by atoms with van der Waals surface area (Å²) in [4.78, 5) is 14.0. The number of benzene rings is 2. The standard InChI is InChI=1S/C20H20FN3O3S/c1-13-19(25)24(12-14-4-7-16(21)8-5-14)20(28-13)23-22-11-15-6-9-17(26-2)18(10-15)27-3/h4-11,13H,12H2,1-3H3. The summed E-state index contributed by atoms with van der Waals surface area (Å²) in [5, 5.41) is 8.61. The first kappa shape index (κ1) is 19.9. The number of ether oxygens (including phenoxy) is 2. The van der Waals surface area contributed by atoms with Crippen LogP contribution in [0.5, 0.6) is 11.5 Å². The molecule has 1 amide bonds. The van der Waals surface area contributed by atoms with Crippen molar-refractivity contribution in [2.75, 3.05) is 14.2 Å². The minimum Gasteiger partial charge on any atom is -0.493 e. The van der Waals surface area contributed by atoms with Gasteiger partial charge in [-0.15, -0.1) is 5.10 Å². The number of hydrogen-bond donors (Lipinski definition) is 0. The number of hydrogen-bond acceptors (Lipinski definition) is 6. The molecule has 0 saturated carbocycles. The van der Waals surface area contributed by atoms with Crippen LogP contribution in [0.4, 0.5) is 4.39 Å². The number of carbonyl (C=O) groups excluding carboxylic acids is 1. The molecule has 1 saturated heterocycles. The summed E-state index contributed by atoms with van der Waals surface area (Å²) in [6.45, 7) is 2.15. The molecule has 6 nitrogen and oxygen atoms in total. The lowest BCUT2D eigenvalue weighted by Gasteiger charge is -2.15. The van der Waals surface area contributed by atoms with Crippen LogP contribution in [0.1, 0.15) is 18.1 Å². The van der Waals surface area contributed by atoms with E-state index in [2.05, 4.69) is 10.2 Å². The molecule has 3 rings (SSSR count). The van der Waals surface area contributed by atoms with Crippen molar-refractivity contribution >= 4 is 29.1 Å². The summed E-state index contributed by atoms with van der Waals surface area (Å²) >= 11 is 1.35. The van der Waals surface area contributed by atoms with Gasteiger partial charge in [0.05, 0.1) is 32.2 Å². The van der Waals surface area contributed by atoms with Gasteiger partial charge in [-0.1, -0.05) is 23.9 Å². The van der Waals surface area contributed by atoms with E-state index in [1.165, 1.54) is 23.9 Å². The van der Waals surface area contributed by atoms with E-state index in [0.29, 0.717) is 23.2 Å². The van der Waals surface area contributed by atoms with E-state index < -0.39 is 0 Å². The summed E-state index contributed by atoms with van der Waals surface area (Å²) in [6, 6.07) is 11.5. The highest BCUT2D eigenvalue weighted by atomic mass is 32.2. The Balaban J connectivity index is 1.78. The molecular formula is C20H20FN3O3S. The number of nitrogens with zero attached hydrogens (tertiary/aromatic N) is 3. The van der Waals surface area contributed by atoms with Crippen molar-refractivity contribution in [3.63, 3.8) is 0 Å². The summed E-state index contributed by atoms with van der Waals surface area (Å²) in [7, 11) is 3.14. The average molecular weight is 401 g/mol. The highest BCUT2D eigenvalue weighted by Crippen LogP contribution is 2.29. The highest BCUT2D eigenvalue weighted by molar-refractivity contribution is 8.15. The fraction of sp³-hybridized carbons (Fsp3) is 0.250. The Bertz CT molecular complexity index is 915. The Kier molecular flexibility index (Phi) is 6.30. The third-order valence-corrected chi connectivity index (χ3v) is 5.21. The molecule has 0 aromatic heterocycles. The Morgan fingerprint density at radius 1 is 1.14 bits per heavy atom. The maximum Gasteiger partial charge on any atom is 0.242 e. The van der Waals surface area contributed by atoms with Gasteiger partial charge in [-0.25, -0.2) is 4.39 Å². The van der Waals surface area contributed by atoms with Crippen molar-refractivity contribution in [1.29, 1.82) is 0 Å². The van der Waals surface area contributed by atoms with Crippen molar-refractivity contribution in [2.45, 2.75) is 18.7 Å². The second-order valence-electron chi connectivity index (χ2n) is 6.05. The van der Waals surface area contributed by atoms with E-state index >= 15 is 0 Å². The lowest BCUT2D eigenvalue weighted by molar-refractivity contribution is -0.126. The normalized spacial score (nSPS) is 18.3. The maximum atomic E-state index is 13.1. The number of rotatable bonds is 6. The van der Waals surface area contributed by atoms with Crippen molar-refractivity contribution in [3.05, 3.63) is 59.4 Å². The quantitative estimate of drug-likeness (QED) is 0.547. The number of amidine groups is 1. The Morgan fingerprint density at radius 2 is 1.86 bits per heavy atom. The predicted molar refractivity (Wildman–Crippen MR) is 109 cm³/mol. The minimum absolute atomic E-state index is 0.0469. The molecule has 1 heterocycles. The first-order chi connectivity index (χ1) is 13.5. The Hall–Kier alpha value is -2.87. The van der Waals surface area contributed by atoms with Gasteiger partial charge < -0.3 is 9.47 Å². The molecule has 1 aliphatic heterocycles. The molecule has 0 N–H and O–H groups in total. The Labute approximate surface area is 167 Å². The molecule has 8 heteroatoms. The van der Waals surface area contributed by atoms with Gasteiger partial charge in [-0.05, 0) is 48.4 Å². The summed E-state index contributed by atoms with van der Waals surface area (Å²) < 4.78 is 23.6. The van der Waals surface area contributed by atoms with Gasteiger partial charge in [0.15, 0.2) is 16.7 Å². The summed E-state index contributed by atoms with van der Waals surface area (Å²) in [5.74, 6) is 0.861. The third-order valence-electron chi connectivity index (χ3n) is 4.14. The van der Waals surface area contributed by atoms with Gasteiger partial charge in [0.1, 0.15) is 5.82 Å². The van der Waals surface area contributed by atoms with Gasteiger partial charge in [0, 0.05) is 0 Å². The Morgan fingerprint density at radius 3 is 2.54 bits per heavy atom. The monoisotopic (exact) mass is 401 g/mol. The number of halogens is 1. The van der Waals surface area contributed by atoms with Crippen LogP contribution >= 0.6 is 11.8 Å². The molecule has 146 valence electrons.